The second kappa shape index (κ2) is 5.50. The second-order valence-electron chi connectivity index (χ2n) is 4.50. The van der Waals surface area contributed by atoms with Crippen molar-refractivity contribution in [3.05, 3.63) is 30.1 Å². The first-order chi connectivity index (χ1) is 8.92. The number of hydrogen-bond donors (Lipinski definition) is 0. The van der Waals surface area contributed by atoms with Crippen molar-refractivity contribution in [3.63, 3.8) is 0 Å². The summed E-state index contributed by atoms with van der Waals surface area (Å²) in [6, 6.07) is 5.81. The third-order valence-electron chi connectivity index (χ3n) is 2.89. The lowest BCUT2D eigenvalue weighted by molar-refractivity contribution is 0.601. The first-order valence-electron chi connectivity index (χ1n) is 5.83. The fourth-order valence-corrected chi connectivity index (χ4v) is 3.00. The van der Waals surface area contributed by atoms with Gasteiger partial charge >= 0.3 is 0 Å². The fraction of sp³-hybridized carbons (Fsp3) is 0.417. The molecule has 0 saturated heterocycles. The number of anilines is 1. The Morgan fingerprint density at radius 2 is 2.16 bits per heavy atom. The lowest BCUT2D eigenvalue weighted by Gasteiger charge is -2.17. The van der Waals surface area contributed by atoms with E-state index in [0.717, 1.165) is 17.2 Å². The van der Waals surface area contributed by atoms with Crippen LogP contribution in [0.4, 0.5) is 5.82 Å². The number of rotatable bonds is 5. The molecule has 104 valence electrons. The summed E-state index contributed by atoms with van der Waals surface area (Å²) in [5.41, 5.74) is 1.88. The van der Waals surface area contributed by atoms with Crippen molar-refractivity contribution in [1.82, 2.24) is 9.38 Å². The van der Waals surface area contributed by atoms with Crippen molar-refractivity contribution < 1.29 is 8.42 Å². The van der Waals surface area contributed by atoms with Gasteiger partial charge in [-0.15, -0.1) is 0 Å². The van der Waals surface area contributed by atoms with E-state index in [0.29, 0.717) is 11.9 Å². The number of pyridine rings is 1. The molecule has 0 N–H and O–H groups in total. The molecule has 7 heteroatoms. The molecule has 2 aromatic heterocycles. The highest BCUT2D eigenvalue weighted by molar-refractivity contribution is 9.08. The lowest BCUT2D eigenvalue weighted by Crippen LogP contribution is -2.26. The number of nitrogens with zero attached hydrogens (tertiary/aromatic N) is 3. The van der Waals surface area contributed by atoms with Crippen LogP contribution < -0.4 is 4.90 Å². The molecule has 5 nitrogen and oxygen atoms in total. The summed E-state index contributed by atoms with van der Waals surface area (Å²) >= 11 is 3.46. The molecule has 2 aromatic rings. The summed E-state index contributed by atoms with van der Waals surface area (Å²) in [6.07, 6.45) is 3.20. The summed E-state index contributed by atoms with van der Waals surface area (Å²) in [4.78, 5) is 6.43. The third-order valence-corrected chi connectivity index (χ3v) is 4.35. The second-order valence-corrected chi connectivity index (χ2v) is 7.32. The molecule has 0 aliphatic rings. The molecule has 0 atom stereocenters. The van der Waals surface area contributed by atoms with Gasteiger partial charge in [0.05, 0.1) is 11.4 Å². The number of imidazole rings is 1. The minimum Gasteiger partial charge on any atom is -0.357 e. The van der Waals surface area contributed by atoms with E-state index in [4.69, 9.17) is 0 Å². The zero-order chi connectivity index (χ0) is 14.0. The van der Waals surface area contributed by atoms with Crippen LogP contribution in [0.1, 0.15) is 5.69 Å². The maximum atomic E-state index is 11.2. The van der Waals surface area contributed by atoms with E-state index in [1.807, 2.05) is 40.7 Å². The van der Waals surface area contributed by atoms with Gasteiger partial charge in [-0.25, -0.2) is 13.4 Å². The molecule has 19 heavy (non-hydrogen) atoms. The van der Waals surface area contributed by atoms with Crippen molar-refractivity contribution in [1.29, 1.82) is 0 Å². The van der Waals surface area contributed by atoms with Gasteiger partial charge in [0.25, 0.3) is 0 Å². The Morgan fingerprint density at radius 1 is 1.42 bits per heavy atom. The summed E-state index contributed by atoms with van der Waals surface area (Å²) in [5, 5.41) is 0.663. The van der Waals surface area contributed by atoms with Gasteiger partial charge < -0.3 is 9.30 Å². The molecule has 0 aliphatic heterocycles. The van der Waals surface area contributed by atoms with Gasteiger partial charge in [-0.2, -0.15) is 0 Å². The van der Waals surface area contributed by atoms with Crippen LogP contribution in [0.3, 0.4) is 0 Å². The van der Waals surface area contributed by atoms with E-state index < -0.39 is 9.84 Å². The van der Waals surface area contributed by atoms with E-state index in [1.54, 1.807) is 0 Å². The quantitative estimate of drug-likeness (QED) is 0.774. The summed E-state index contributed by atoms with van der Waals surface area (Å²) in [6.45, 7) is 0.433. The van der Waals surface area contributed by atoms with E-state index in [9.17, 15) is 8.42 Å². The average molecular weight is 346 g/mol. The van der Waals surface area contributed by atoms with Gasteiger partial charge in [0.15, 0.2) is 5.82 Å². The zero-order valence-electron chi connectivity index (χ0n) is 10.9. The third kappa shape index (κ3) is 3.27. The van der Waals surface area contributed by atoms with Crippen LogP contribution in [0.25, 0.3) is 5.65 Å². The molecule has 0 radical (unpaired) electrons. The summed E-state index contributed by atoms with van der Waals surface area (Å²) < 4.78 is 24.5. The number of fused-ring (bicyclic) bond motifs is 1. The number of hydrogen-bond acceptors (Lipinski definition) is 4. The van der Waals surface area contributed by atoms with E-state index in [1.165, 1.54) is 6.26 Å². The van der Waals surface area contributed by atoms with Crippen LogP contribution in [-0.2, 0) is 15.2 Å². The number of halogens is 1. The molecule has 2 rings (SSSR count). The molecule has 0 bridgehead atoms. The molecule has 0 unspecified atom stereocenters. The topological polar surface area (TPSA) is 54.7 Å². The predicted molar refractivity (Wildman–Crippen MR) is 80.8 cm³/mol. The first kappa shape index (κ1) is 14.3. The molecule has 0 fully saturated rings. The van der Waals surface area contributed by atoms with Gasteiger partial charge in [0.1, 0.15) is 15.5 Å². The minimum atomic E-state index is -2.96. The largest absolute Gasteiger partial charge is 0.357 e. The molecule has 2 heterocycles. The maximum Gasteiger partial charge on any atom is 0.151 e. The summed E-state index contributed by atoms with van der Waals surface area (Å²) in [5.74, 6) is 0.936. The molecular weight excluding hydrogens is 330 g/mol. The smallest absolute Gasteiger partial charge is 0.151 e. The SMILES string of the molecule is CN(CCS(C)(=O)=O)c1nc2ccccn2c1CBr. The van der Waals surface area contributed by atoms with E-state index in [-0.39, 0.29) is 5.75 Å². The highest BCUT2D eigenvalue weighted by atomic mass is 79.9. The van der Waals surface area contributed by atoms with Crippen LogP contribution in [0.2, 0.25) is 0 Å². The number of sulfone groups is 1. The fourth-order valence-electron chi connectivity index (χ4n) is 1.87. The van der Waals surface area contributed by atoms with Crippen molar-refractivity contribution in [3.8, 4) is 0 Å². The lowest BCUT2D eigenvalue weighted by atomic mass is 10.4. The highest BCUT2D eigenvalue weighted by Gasteiger charge is 2.15. The van der Waals surface area contributed by atoms with Crippen molar-refractivity contribution in [2.45, 2.75) is 5.33 Å². The molecule has 0 amide bonds. The van der Waals surface area contributed by atoms with Crippen LogP contribution >= 0.6 is 15.9 Å². The predicted octanol–water partition coefficient (Wildman–Crippen LogP) is 1.71. The van der Waals surface area contributed by atoms with Crippen molar-refractivity contribution in [2.24, 2.45) is 0 Å². The normalized spacial score (nSPS) is 11.9. The standard InChI is InChI=1S/C12H16BrN3O2S/c1-15(7-8-19(2,17)18)12-10(9-13)16-6-4-3-5-11(16)14-12/h3-6H,7-9H2,1-2H3. The zero-order valence-corrected chi connectivity index (χ0v) is 13.3. The van der Waals surface area contributed by atoms with Gasteiger partial charge in [0, 0.05) is 31.4 Å². The van der Waals surface area contributed by atoms with E-state index in [2.05, 4.69) is 20.9 Å². The van der Waals surface area contributed by atoms with E-state index >= 15 is 0 Å². The number of aromatic nitrogens is 2. The Kier molecular flexibility index (Phi) is 4.15. The first-order valence-corrected chi connectivity index (χ1v) is 9.01. The Balaban J connectivity index is 2.33. The van der Waals surface area contributed by atoms with Crippen LogP contribution in [-0.4, -0.2) is 43.4 Å². The van der Waals surface area contributed by atoms with Crippen molar-refractivity contribution >= 4 is 37.2 Å². The molecule has 0 spiro atoms. The Labute approximate surface area is 121 Å². The number of alkyl halides is 1. The van der Waals surface area contributed by atoms with Crippen LogP contribution in [0, 0.1) is 0 Å². The van der Waals surface area contributed by atoms with Gasteiger partial charge in [-0.05, 0) is 12.1 Å². The van der Waals surface area contributed by atoms with Gasteiger partial charge in [-0.3, -0.25) is 0 Å². The van der Waals surface area contributed by atoms with Crippen molar-refractivity contribution in [2.75, 3.05) is 30.5 Å². The Bertz CT molecular complexity index is 681. The Hall–Kier alpha value is -1.08. The molecule has 0 aromatic carbocycles. The Morgan fingerprint density at radius 3 is 2.79 bits per heavy atom. The summed E-state index contributed by atoms with van der Waals surface area (Å²) in [7, 11) is -1.10. The monoisotopic (exact) mass is 345 g/mol. The highest BCUT2D eigenvalue weighted by Crippen LogP contribution is 2.22. The van der Waals surface area contributed by atoms with Gasteiger partial charge in [-0.1, -0.05) is 22.0 Å². The molecule has 0 saturated carbocycles. The van der Waals surface area contributed by atoms with Crippen LogP contribution in [0.15, 0.2) is 24.4 Å². The molecule has 0 aliphatic carbocycles. The van der Waals surface area contributed by atoms with Gasteiger partial charge in [0.2, 0.25) is 0 Å². The van der Waals surface area contributed by atoms with Crippen LogP contribution in [0.5, 0.6) is 0 Å². The minimum absolute atomic E-state index is 0.124. The average Bonchev–Trinajstić information content (AvgIpc) is 2.73. The molecular formula is C12H16BrN3O2S. The maximum absolute atomic E-state index is 11.2.